The molecule has 6 nitrogen and oxygen atoms in total. The summed E-state index contributed by atoms with van der Waals surface area (Å²) in [6.07, 6.45) is 3.15. The molecule has 1 aliphatic carbocycles. The average molecular weight is 303 g/mol. The molecule has 1 aliphatic heterocycles. The molecule has 1 heterocycles. The van der Waals surface area contributed by atoms with Crippen LogP contribution in [-0.4, -0.2) is 43.1 Å². The van der Waals surface area contributed by atoms with E-state index >= 15 is 0 Å². The molecular weight excluding hydrogens is 282 g/mol. The first kappa shape index (κ1) is 14.7. The zero-order chi connectivity index (χ0) is 15.5. The Morgan fingerprint density at radius 1 is 1.27 bits per heavy atom. The van der Waals surface area contributed by atoms with Crippen molar-refractivity contribution in [1.82, 2.24) is 10.2 Å². The molecule has 3 rings (SSSR count). The highest BCUT2D eigenvalue weighted by Crippen LogP contribution is 2.26. The van der Waals surface area contributed by atoms with Crippen molar-refractivity contribution in [2.24, 2.45) is 5.92 Å². The summed E-state index contributed by atoms with van der Waals surface area (Å²) in [5, 5.41) is 5.84. The van der Waals surface area contributed by atoms with Gasteiger partial charge in [0.1, 0.15) is 5.75 Å². The van der Waals surface area contributed by atoms with Crippen LogP contribution in [0, 0.1) is 5.92 Å². The standard InChI is InChI=1S/C16H21N3O3/c1-22-14-7-3-6-12(8-14)18-16(21)19-9-13(10-19)17-15(20)11-4-2-5-11/h3,6-8,11,13H,2,4-5,9-10H2,1H3,(H,17,20)(H,18,21). The second-order valence-corrected chi connectivity index (χ2v) is 5.90. The molecule has 3 amide bonds. The molecule has 2 fully saturated rings. The molecule has 0 radical (unpaired) electrons. The van der Waals surface area contributed by atoms with E-state index in [1.807, 2.05) is 18.2 Å². The first-order valence-corrected chi connectivity index (χ1v) is 7.66. The van der Waals surface area contributed by atoms with Gasteiger partial charge >= 0.3 is 6.03 Å². The quantitative estimate of drug-likeness (QED) is 0.891. The molecule has 0 unspecified atom stereocenters. The summed E-state index contributed by atoms with van der Waals surface area (Å²) < 4.78 is 5.12. The van der Waals surface area contributed by atoms with Crippen LogP contribution in [0.15, 0.2) is 24.3 Å². The summed E-state index contributed by atoms with van der Waals surface area (Å²) in [6, 6.07) is 7.17. The number of hydrogen-bond acceptors (Lipinski definition) is 3. The lowest BCUT2D eigenvalue weighted by atomic mass is 9.84. The Labute approximate surface area is 129 Å². The molecule has 1 saturated heterocycles. The van der Waals surface area contributed by atoms with Gasteiger partial charge in [-0.05, 0) is 25.0 Å². The van der Waals surface area contributed by atoms with Gasteiger partial charge in [0.05, 0.1) is 13.2 Å². The molecule has 0 spiro atoms. The predicted octanol–water partition coefficient (Wildman–Crippen LogP) is 1.83. The number of methoxy groups -OCH3 is 1. The maximum absolute atomic E-state index is 12.1. The third-order valence-corrected chi connectivity index (χ3v) is 4.31. The Bertz CT molecular complexity index is 566. The Hall–Kier alpha value is -2.24. The van der Waals surface area contributed by atoms with Crippen molar-refractivity contribution >= 4 is 17.6 Å². The molecule has 0 bridgehead atoms. The zero-order valence-corrected chi connectivity index (χ0v) is 12.7. The SMILES string of the molecule is COc1cccc(NC(=O)N2CC(NC(=O)C3CCC3)C2)c1. The maximum atomic E-state index is 12.1. The number of ether oxygens (including phenoxy) is 1. The monoisotopic (exact) mass is 303 g/mol. The Balaban J connectivity index is 1.43. The summed E-state index contributed by atoms with van der Waals surface area (Å²) in [5.41, 5.74) is 0.700. The van der Waals surface area contributed by atoms with Gasteiger partial charge in [-0.3, -0.25) is 4.79 Å². The van der Waals surface area contributed by atoms with Gasteiger partial charge in [0.15, 0.2) is 0 Å². The maximum Gasteiger partial charge on any atom is 0.321 e. The summed E-state index contributed by atoms with van der Waals surface area (Å²) >= 11 is 0. The van der Waals surface area contributed by atoms with E-state index in [2.05, 4.69) is 10.6 Å². The van der Waals surface area contributed by atoms with Crippen molar-refractivity contribution < 1.29 is 14.3 Å². The van der Waals surface area contributed by atoms with Gasteiger partial charge in [0, 0.05) is 30.8 Å². The van der Waals surface area contributed by atoms with Crippen LogP contribution >= 0.6 is 0 Å². The molecule has 1 aromatic rings. The van der Waals surface area contributed by atoms with E-state index in [0.717, 1.165) is 19.3 Å². The van der Waals surface area contributed by atoms with Gasteiger partial charge in [0.25, 0.3) is 0 Å². The largest absolute Gasteiger partial charge is 0.497 e. The number of urea groups is 1. The molecule has 1 aromatic carbocycles. The predicted molar refractivity (Wildman–Crippen MR) is 82.9 cm³/mol. The first-order chi connectivity index (χ1) is 10.7. The molecule has 0 atom stereocenters. The smallest absolute Gasteiger partial charge is 0.321 e. The number of likely N-dealkylation sites (tertiary alicyclic amines) is 1. The molecular formula is C16H21N3O3. The van der Waals surface area contributed by atoms with E-state index in [1.165, 1.54) is 0 Å². The van der Waals surface area contributed by atoms with Gasteiger partial charge in [-0.2, -0.15) is 0 Å². The summed E-state index contributed by atoms with van der Waals surface area (Å²) in [6.45, 7) is 1.13. The molecule has 2 N–H and O–H groups in total. The zero-order valence-electron chi connectivity index (χ0n) is 12.7. The second-order valence-electron chi connectivity index (χ2n) is 5.90. The Morgan fingerprint density at radius 2 is 2.05 bits per heavy atom. The minimum Gasteiger partial charge on any atom is -0.497 e. The number of rotatable bonds is 4. The van der Waals surface area contributed by atoms with Crippen LogP contribution in [0.1, 0.15) is 19.3 Å². The third kappa shape index (κ3) is 3.16. The number of anilines is 1. The third-order valence-electron chi connectivity index (χ3n) is 4.31. The van der Waals surface area contributed by atoms with Crippen LogP contribution in [-0.2, 0) is 4.79 Å². The molecule has 2 aliphatic rings. The molecule has 6 heteroatoms. The van der Waals surface area contributed by atoms with Crippen LogP contribution in [0.5, 0.6) is 5.75 Å². The summed E-state index contributed by atoms with van der Waals surface area (Å²) in [4.78, 5) is 25.6. The van der Waals surface area contributed by atoms with E-state index in [-0.39, 0.29) is 23.9 Å². The van der Waals surface area contributed by atoms with Crippen LogP contribution in [0.2, 0.25) is 0 Å². The molecule has 118 valence electrons. The van der Waals surface area contributed by atoms with Crippen LogP contribution in [0.4, 0.5) is 10.5 Å². The number of hydrogen-bond donors (Lipinski definition) is 2. The van der Waals surface area contributed by atoms with Gasteiger partial charge in [-0.25, -0.2) is 4.79 Å². The second kappa shape index (κ2) is 6.25. The number of carbonyl (C=O) groups is 2. The lowest BCUT2D eigenvalue weighted by Gasteiger charge is -2.40. The van der Waals surface area contributed by atoms with Crippen molar-refractivity contribution in [3.8, 4) is 5.75 Å². The fourth-order valence-corrected chi connectivity index (χ4v) is 2.63. The highest BCUT2D eigenvalue weighted by molar-refractivity contribution is 5.90. The van der Waals surface area contributed by atoms with Crippen molar-refractivity contribution in [3.63, 3.8) is 0 Å². The van der Waals surface area contributed by atoms with Gasteiger partial charge in [0.2, 0.25) is 5.91 Å². The molecule has 1 saturated carbocycles. The normalized spacial score (nSPS) is 18.1. The number of nitrogens with one attached hydrogen (secondary N) is 2. The number of amides is 3. The summed E-state index contributed by atoms with van der Waals surface area (Å²) in [7, 11) is 1.59. The minimum atomic E-state index is -0.151. The van der Waals surface area contributed by atoms with Crippen LogP contribution in [0.3, 0.4) is 0 Å². The van der Waals surface area contributed by atoms with Gasteiger partial charge in [-0.1, -0.05) is 12.5 Å². The highest BCUT2D eigenvalue weighted by atomic mass is 16.5. The van der Waals surface area contributed by atoms with E-state index in [4.69, 9.17) is 4.74 Å². The lowest BCUT2D eigenvalue weighted by molar-refractivity contribution is -0.129. The van der Waals surface area contributed by atoms with E-state index in [9.17, 15) is 9.59 Å². The molecule has 22 heavy (non-hydrogen) atoms. The Kier molecular flexibility index (Phi) is 4.18. The number of benzene rings is 1. The number of nitrogens with zero attached hydrogens (tertiary/aromatic N) is 1. The fraction of sp³-hybridized carbons (Fsp3) is 0.500. The lowest BCUT2D eigenvalue weighted by Crippen LogP contribution is -2.62. The van der Waals surface area contributed by atoms with Crippen LogP contribution in [0.25, 0.3) is 0 Å². The molecule has 0 aromatic heterocycles. The first-order valence-electron chi connectivity index (χ1n) is 7.66. The van der Waals surface area contributed by atoms with Crippen molar-refractivity contribution in [1.29, 1.82) is 0 Å². The highest BCUT2D eigenvalue weighted by Gasteiger charge is 2.34. The summed E-state index contributed by atoms with van der Waals surface area (Å²) in [5.74, 6) is 1.04. The van der Waals surface area contributed by atoms with E-state index in [1.54, 1.807) is 18.1 Å². The minimum absolute atomic E-state index is 0.0872. The van der Waals surface area contributed by atoms with Gasteiger partial charge < -0.3 is 20.3 Å². The van der Waals surface area contributed by atoms with Crippen molar-refractivity contribution in [2.75, 3.05) is 25.5 Å². The average Bonchev–Trinajstić information content (AvgIpc) is 2.40. The van der Waals surface area contributed by atoms with Gasteiger partial charge in [-0.15, -0.1) is 0 Å². The van der Waals surface area contributed by atoms with Crippen molar-refractivity contribution in [3.05, 3.63) is 24.3 Å². The topological polar surface area (TPSA) is 70.7 Å². The van der Waals surface area contributed by atoms with Crippen LogP contribution < -0.4 is 15.4 Å². The van der Waals surface area contributed by atoms with E-state index in [0.29, 0.717) is 24.5 Å². The Morgan fingerprint density at radius 3 is 2.68 bits per heavy atom. The van der Waals surface area contributed by atoms with E-state index < -0.39 is 0 Å². The van der Waals surface area contributed by atoms with Crippen molar-refractivity contribution in [2.45, 2.75) is 25.3 Å². The fourth-order valence-electron chi connectivity index (χ4n) is 2.63. The number of carbonyl (C=O) groups excluding carboxylic acids is 2.